The highest BCUT2D eigenvalue weighted by molar-refractivity contribution is 8.13. The molecule has 0 saturated carbocycles. The van der Waals surface area contributed by atoms with E-state index >= 15 is 0 Å². The molecule has 4 rings (SSSR count). The summed E-state index contributed by atoms with van der Waals surface area (Å²) in [6, 6.07) is 15.0. The predicted molar refractivity (Wildman–Crippen MR) is 95.6 cm³/mol. The molecule has 0 amide bonds. The molecule has 0 N–H and O–H groups in total. The first-order valence-corrected chi connectivity index (χ1v) is 8.56. The fourth-order valence-corrected chi connectivity index (χ4v) is 3.80. The molecule has 0 bridgehead atoms. The summed E-state index contributed by atoms with van der Waals surface area (Å²) in [5, 5.41) is 18.0. The van der Waals surface area contributed by atoms with Gasteiger partial charge in [-0.1, -0.05) is 42.1 Å². The number of amidine groups is 1. The van der Waals surface area contributed by atoms with E-state index in [-0.39, 0.29) is 16.7 Å². The quantitative estimate of drug-likeness (QED) is 0.619. The van der Waals surface area contributed by atoms with Crippen molar-refractivity contribution in [3.63, 3.8) is 0 Å². The third-order valence-electron chi connectivity index (χ3n) is 4.05. The highest BCUT2D eigenvalue weighted by Gasteiger charge is 2.32. The fraction of sp³-hybridized carbons (Fsp3) is 0.176. The lowest BCUT2D eigenvalue weighted by atomic mass is 10.0. The van der Waals surface area contributed by atoms with Crippen LogP contribution < -0.4 is 0 Å². The Bertz CT molecular complexity index is 848. The second-order valence-corrected chi connectivity index (χ2v) is 6.50. The van der Waals surface area contributed by atoms with Gasteiger partial charge in [0, 0.05) is 36.1 Å². The molecule has 24 heavy (non-hydrogen) atoms. The van der Waals surface area contributed by atoms with Crippen LogP contribution >= 0.6 is 11.8 Å². The van der Waals surface area contributed by atoms with Gasteiger partial charge in [-0.05, 0) is 11.6 Å². The zero-order valence-electron chi connectivity index (χ0n) is 12.7. The van der Waals surface area contributed by atoms with E-state index in [4.69, 9.17) is 4.99 Å². The lowest BCUT2D eigenvalue weighted by Crippen LogP contribution is -2.27. The van der Waals surface area contributed by atoms with Gasteiger partial charge in [0.15, 0.2) is 5.17 Å². The third kappa shape index (κ3) is 2.67. The number of rotatable bonds is 3. The van der Waals surface area contributed by atoms with Gasteiger partial charge in [0.1, 0.15) is 0 Å². The van der Waals surface area contributed by atoms with Crippen LogP contribution in [0.15, 0.2) is 58.6 Å². The lowest BCUT2D eigenvalue weighted by molar-refractivity contribution is -0.384. The van der Waals surface area contributed by atoms with Crippen molar-refractivity contribution >= 4 is 34.5 Å². The van der Waals surface area contributed by atoms with E-state index in [1.807, 2.05) is 29.4 Å². The number of nitro groups is 1. The Morgan fingerprint density at radius 1 is 1.21 bits per heavy atom. The van der Waals surface area contributed by atoms with Crippen molar-refractivity contribution in [3.8, 4) is 0 Å². The molecule has 0 aromatic heterocycles. The minimum absolute atomic E-state index is 0.108. The Morgan fingerprint density at radius 2 is 2.00 bits per heavy atom. The number of hydrogen-bond donors (Lipinski definition) is 0. The van der Waals surface area contributed by atoms with Crippen LogP contribution in [0.5, 0.6) is 0 Å². The molecule has 0 aliphatic carbocycles. The summed E-state index contributed by atoms with van der Waals surface area (Å²) in [6.07, 6.45) is 2.81. The fourth-order valence-electron chi connectivity index (χ4n) is 2.84. The van der Waals surface area contributed by atoms with E-state index < -0.39 is 0 Å². The van der Waals surface area contributed by atoms with Gasteiger partial charge in [0.05, 0.1) is 16.7 Å². The number of thioether (sulfide) groups is 1. The van der Waals surface area contributed by atoms with E-state index in [1.54, 1.807) is 23.9 Å². The van der Waals surface area contributed by atoms with Crippen LogP contribution in [0, 0.1) is 10.1 Å². The zero-order chi connectivity index (χ0) is 16.5. The highest BCUT2D eigenvalue weighted by atomic mass is 32.2. The maximum absolute atomic E-state index is 10.7. The molecule has 6 nitrogen and oxygen atoms in total. The van der Waals surface area contributed by atoms with Crippen molar-refractivity contribution < 1.29 is 4.92 Å². The average molecular weight is 338 g/mol. The van der Waals surface area contributed by atoms with E-state index in [0.717, 1.165) is 22.8 Å². The van der Waals surface area contributed by atoms with Gasteiger partial charge in [-0.3, -0.25) is 10.1 Å². The number of hydrogen-bond acceptors (Lipinski definition) is 6. The van der Waals surface area contributed by atoms with Gasteiger partial charge in [0.2, 0.25) is 0 Å². The van der Waals surface area contributed by atoms with Crippen molar-refractivity contribution in [2.75, 3.05) is 0 Å². The minimum atomic E-state index is -0.386. The molecule has 0 saturated heterocycles. The van der Waals surface area contributed by atoms with Gasteiger partial charge in [-0.25, -0.2) is 10.0 Å². The molecule has 7 heteroatoms. The van der Waals surface area contributed by atoms with Crippen molar-refractivity contribution in [1.29, 1.82) is 0 Å². The van der Waals surface area contributed by atoms with E-state index in [9.17, 15) is 10.1 Å². The molecule has 0 radical (unpaired) electrons. The van der Waals surface area contributed by atoms with Crippen molar-refractivity contribution in [2.24, 2.45) is 10.1 Å². The van der Waals surface area contributed by atoms with Gasteiger partial charge in [-0.2, -0.15) is 5.10 Å². The first-order valence-electron chi connectivity index (χ1n) is 7.58. The number of benzene rings is 2. The van der Waals surface area contributed by atoms with E-state index in [2.05, 4.69) is 11.2 Å². The highest BCUT2D eigenvalue weighted by Crippen LogP contribution is 2.41. The normalized spacial score (nSPS) is 18.1. The summed E-state index contributed by atoms with van der Waals surface area (Å²) in [7, 11) is 0. The van der Waals surface area contributed by atoms with Crippen LogP contribution in [0.3, 0.4) is 0 Å². The van der Waals surface area contributed by atoms with Crippen LogP contribution in [-0.4, -0.2) is 21.3 Å². The SMILES string of the molecule is O=[N+]([O-])c1ccc(CSC2=Nc3ccccc3C3CC=NN23)cc1. The maximum atomic E-state index is 10.7. The van der Waals surface area contributed by atoms with Crippen LogP contribution in [0.2, 0.25) is 0 Å². The molecule has 2 aromatic carbocycles. The Morgan fingerprint density at radius 3 is 2.79 bits per heavy atom. The van der Waals surface area contributed by atoms with Crippen LogP contribution in [0.1, 0.15) is 23.6 Å². The molecule has 1 atom stereocenters. The standard InChI is InChI=1S/C17H14N4O2S/c22-21(23)13-7-5-12(6-8-13)11-24-17-19-15-4-2-1-3-14(15)16-9-10-18-20(16)17/h1-8,10,16H,9,11H2. The zero-order valence-corrected chi connectivity index (χ0v) is 13.5. The molecule has 0 fully saturated rings. The molecule has 2 aliphatic rings. The smallest absolute Gasteiger partial charge is 0.258 e. The van der Waals surface area contributed by atoms with Gasteiger partial charge in [-0.15, -0.1) is 0 Å². The Hall–Kier alpha value is -2.67. The number of hydrazone groups is 1. The van der Waals surface area contributed by atoms with Gasteiger partial charge < -0.3 is 0 Å². The molecular formula is C17H14N4O2S. The number of nitrogens with zero attached hydrogens (tertiary/aromatic N) is 4. The van der Waals surface area contributed by atoms with Crippen molar-refractivity contribution in [1.82, 2.24) is 5.01 Å². The first kappa shape index (κ1) is 14.9. The van der Waals surface area contributed by atoms with Crippen molar-refractivity contribution in [2.45, 2.75) is 18.2 Å². The molecular weight excluding hydrogens is 324 g/mol. The summed E-state index contributed by atoms with van der Waals surface area (Å²) >= 11 is 1.60. The average Bonchev–Trinajstić information content (AvgIpc) is 3.10. The summed E-state index contributed by atoms with van der Waals surface area (Å²) in [4.78, 5) is 15.1. The van der Waals surface area contributed by atoms with Crippen LogP contribution in [0.25, 0.3) is 0 Å². The summed E-state index contributed by atoms with van der Waals surface area (Å²) in [6.45, 7) is 0. The largest absolute Gasteiger partial charge is 0.269 e. The van der Waals surface area contributed by atoms with Gasteiger partial charge >= 0.3 is 0 Å². The Balaban J connectivity index is 1.54. The number of non-ortho nitro benzene ring substituents is 1. The summed E-state index contributed by atoms with van der Waals surface area (Å²) in [5.41, 5.74) is 3.33. The first-order chi connectivity index (χ1) is 11.7. The second kappa shape index (κ2) is 6.09. The molecule has 0 spiro atoms. The maximum Gasteiger partial charge on any atom is 0.269 e. The summed E-state index contributed by atoms with van der Waals surface area (Å²) < 4.78 is 0. The second-order valence-electron chi connectivity index (χ2n) is 5.56. The number of aliphatic imine (C=N–C) groups is 1. The van der Waals surface area contributed by atoms with E-state index in [0.29, 0.717) is 5.75 Å². The Labute approximate surface area is 143 Å². The molecule has 2 aromatic rings. The number of para-hydroxylation sites is 1. The molecule has 120 valence electrons. The van der Waals surface area contributed by atoms with E-state index in [1.165, 1.54) is 17.7 Å². The minimum Gasteiger partial charge on any atom is -0.258 e. The van der Waals surface area contributed by atoms with Gasteiger partial charge in [0.25, 0.3) is 5.69 Å². The Kier molecular flexibility index (Phi) is 3.78. The summed E-state index contributed by atoms with van der Waals surface area (Å²) in [5.74, 6) is 0.692. The number of fused-ring (bicyclic) bond motifs is 3. The van der Waals surface area contributed by atoms with Crippen molar-refractivity contribution in [3.05, 3.63) is 69.8 Å². The lowest BCUT2D eigenvalue weighted by Gasteiger charge is -2.29. The van der Waals surface area contributed by atoms with Crippen LogP contribution in [-0.2, 0) is 5.75 Å². The monoisotopic (exact) mass is 338 g/mol. The number of nitro benzene ring substituents is 1. The molecule has 2 aliphatic heterocycles. The third-order valence-corrected chi connectivity index (χ3v) is 5.07. The molecule has 2 heterocycles. The topological polar surface area (TPSA) is 71.1 Å². The van der Waals surface area contributed by atoms with Crippen LogP contribution in [0.4, 0.5) is 11.4 Å². The predicted octanol–water partition coefficient (Wildman–Crippen LogP) is 4.26. The molecule has 1 unspecified atom stereocenters.